The largest absolute Gasteiger partial charge is 0.376 e. The van der Waals surface area contributed by atoms with Crippen LogP contribution in [0.25, 0.3) is 10.9 Å². The normalized spacial score (nSPS) is 17.1. The van der Waals surface area contributed by atoms with E-state index < -0.39 is 0 Å². The molecule has 1 unspecified atom stereocenters. The third-order valence-electron chi connectivity index (χ3n) is 4.69. The number of amides is 1. The van der Waals surface area contributed by atoms with Gasteiger partial charge in [-0.3, -0.25) is 14.2 Å². The van der Waals surface area contributed by atoms with Crippen molar-refractivity contribution in [2.75, 3.05) is 19.7 Å². The molecule has 1 atom stereocenters. The zero-order chi connectivity index (χ0) is 18.0. The summed E-state index contributed by atoms with van der Waals surface area (Å²) in [4.78, 5) is 30.1. The van der Waals surface area contributed by atoms with E-state index in [4.69, 9.17) is 17.0 Å². The Morgan fingerprint density at radius 2 is 2.16 bits per heavy atom. The number of aromatic nitrogens is 2. The van der Waals surface area contributed by atoms with E-state index in [-0.39, 0.29) is 17.6 Å². The van der Waals surface area contributed by atoms with Crippen molar-refractivity contribution in [1.29, 1.82) is 0 Å². The van der Waals surface area contributed by atoms with Gasteiger partial charge in [0.15, 0.2) is 4.77 Å². The summed E-state index contributed by atoms with van der Waals surface area (Å²) in [5.41, 5.74) is 1.01. The van der Waals surface area contributed by atoms with Crippen molar-refractivity contribution in [2.24, 2.45) is 0 Å². The topological polar surface area (TPSA) is 67.3 Å². The second-order valence-corrected chi connectivity index (χ2v) is 6.61. The number of hydrogen-bond donors (Lipinski definition) is 1. The molecule has 0 radical (unpaired) electrons. The summed E-state index contributed by atoms with van der Waals surface area (Å²) in [5, 5.41) is 0.530. The molecule has 3 rings (SSSR count). The molecule has 1 fully saturated rings. The smallest absolute Gasteiger partial charge is 0.262 e. The highest BCUT2D eigenvalue weighted by molar-refractivity contribution is 7.71. The van der Waals surface area contributed by atoms with Crippen LogP contribution in [0.15, 0.2) is 23.0 Å². The molecule has 0 aliphatic carbocycles. The summed E-state index contributed by atoms with van der Waals surface area (Å²) in [7, 11) is 0. The van der Waals surface area contributed by atoms with E-state index in [0.717, 1.165) is 19.4 Å². The van der Waals surface area contributed by atoms with Crippen molar-refractivity contribution in [3.8, 4) is 0 Å². The summed E-state index contributed by atoms with van der Waals surface area (Å²) < 4.78 is 7.53. The van der Waals surface area contributed by atoms with E-state index >= 15 is 0 Å². The van der Waals surface area contributed by atoms with Gasteiger partial charge in [0.2, 0.25) is 0 Å². The first-order valence-corrected chi connectivity index (χ1v) is 9.13. The first kappa shape index (κ1) is 17.8. The summed E-state index contributed by atoms with van der Waals surface area (Å²) in [6.07, 6.45) is 1.99. The Labute approximate surface area is 151 Å². The standard InChI is InChI=1S/C18H23N3O3S/c1-3-20(4-2)16(22)12-7-8-14-15(10-12)19-18(25)21(17(14)23)11-13-6-5-9-24-13/h7-8,10,13H,3-6,9,11H2,1-2H3,(H,19,25). The molecule has 134 valence electrons. The van der Waals surface area contributed by atoms with Crippen LogP contribution in [0.4, 0.5) is 0 Å². The van der Waals surface area contributed by atoms with Gasteiger partial charge in [-0.2, -0.15) is 0 Å². The highest BCUT2D eigenvalue weighted by atomic mass is 32.1. The van der Waals surface area contributed by atoms with Crippen molar-refractivity contribution >= 4 is 29.0 Å². The van der Waals surface area contributed by atoms with Crippen LogP contribution < -0.4 is 5.56 Å². The molecule has 0 saturated carbocycles. The monoisotopic (exact) mass is 361 g/mol. The number of aromatic amines is 1. The average molecular weight is 361 g/mol. The number of ether oxygens (including phenoxy) is 1. The van der Waals surface area contributed by atoms with Crippen molar-refractivity contribution in [3.05, 3.63) is 38.9 Å². The highest BCUT2D eigenvalue weighted by Crippen LogP contribution is 2.16. The minimum atomic E-state index is -0.143. The first-order chi connectivity index (χ1) is 12.0. The second-order valence-electron chi connectivity index (χ2n) is 6.22. The Kier molecular flexibility index (Phi) is 5.34. The van der Waals surface area contributed by atoms with Crippen LogP contribution in [0.2, 0.25) is 0 Å². The van der Waals surface area contributed by atoms with Gasteiger partial charge in [0.1, 0.15) is 0 Å². The fourth-order valence-electron chi connectivity index (χ4n) is 3.24. The van der Waals surface area contributed by atoms with E-state index in [1.807, 2.05) is 13.8 Å². The van der Waals surface area contributed by atoms with Crippen LogP contribution in [-0.4, -0.2) is 46.2 Å². The molecule has 6 nitrogen and oxygen atoms in total. The van der Waals surface area contributed by atoms with Gasteiger partial charge in [0.25, 0.3) is 11.5 Å². The number of nitrogens with zero attached hydrogens (tertiary/aromatic N) is 2. The minimum Gasteiger partial charge on any atom is -0.376 e. The van der Waals surface area contributed by atoms with Crippen molar-refractivity contribution in [1.82, 2.24) is 14.5 Å². The number of carbonyl (C=O) groups is 1. The Bertz CT molecular complexity index is 893. The lowest BCUT2D eigenvalue weighted by atomic mass is 10.1. The quantitative estimate of drug-likeness (QED) is 0.832. The average Bonchev–Trinajstić information content (AvgIpc) is 3.12. The SMILES string of the molecule is CCN(CC)C(=O)c1ccc2c(=O)n(CC3CCCO3)c(=S)[nH]c2c1. The van der Waals surface area contributed by atoms with Crippen LogP contribution in [0, 0.1) is 4.77 Å². The van der Waals surface area contributed by atoms with E-state index in [0.29, 0.717) is 40.9 Å². The first-order valence-electron chi connectivity index (χ1n) is 8.72. The number of hydrogen-bond acceptors (Lipinski definition) is 4. The lowest BCUT2D eigenvalue weighted by molar-refractivity contribution is 0.0773. The molecule has 1 amide bonds. The Morgan fingerprint density at radius 3 is 2.80 bits per heavy atom. The molecule has 1 aromatic carbocycles. The lowest BCUT2D eigenvalue weighted by Crippen LogP contribution is -2.31. The molecule has 1 aliphatic heterocycles. The Balaban J connectivity index is 2.00. The Hall–Kier alpha value is -1.99. The van der Waals surface area contributed by atoms with Crippen molar-refractivity contribution in [2.45, 2.75) is 39.3 Å². The van der Waals surface area contributed by atoms with E-state index in [1.165, 1.54) is 0 Å². The molecule has 0 bridgehead atoms. The van der Waals surface area contributed by atoms with Crippen LogP contribution in [0.1, 0.15) is 37.0 Å². The van der Waals surface area contributed by atoms with Crippen molar-refractivity contribution < 1.29 is 9.53 Å². The summed E-state index contributed by atoms with van der Waals surface area (Å²) in [6, 6.07) is 5.12. The van der Waals surface area contributed by atoms with Crippen molar-refractivity contribution in [3.63, 3.8) is 0 Å². The van der Waals surface area contributed by atoms with E-state index in [2.05, 4.69) is 4.98 Å². The molecular weight excluding hydrogens is 338 g/mol. The molecule has 1 aromatic heterocycles. The van der Waals surface area contributed by atoms with Crippen LogP contribution in [0.3, 0.4) is 0 Å². The second kappa shape index (κ2) is 7.49. The minimum absolute atomic E-state index is 0.0359. The third kappa shape index (κ3) is 3.52. The van der Waals surface area contributed by atoms with Gasteiger partial charge in [-0.25, -0.2) is 0 Å². The lowest BCUT2D eigenvalue weighted by Gasteiger charge is -2.19. The predicted octanol–water partition coefficient (Wildman–Crippen LogP) is 2.72. The number of carbonyl (C=O) groups excluding carboxylic acids is 1. The predicted molar refractivity (Wildman–Crippen MR) is 99.6 cm³/mol. The highest BCUT2D eigenvalue weighted by Gasteiger charge is 2.19. The number of nitrogens with one attached hydrogen (secondary N) is 1. The number of benzene rings is 1. The number of rotatable bonds is 5. The summed E-state index contributed by atoms with van der Waals surface area (Å²) >= 11 is 5.36. The summed E-state index contributed by atoms with van der Waals surface area (Å²) in [6.45, 7) is 6.38. The fourth-order valence-corrected chi connectivity index (χ4v) is 3.51. The van der Waals surface area contributed by atoms with Gasteiger partial charge in [-0.1, -0.05) is 0 Å². The molecule has 1 aliphatic rings. The van der Waals surface area contributed by atoms with Crippen LogP contribution >= 0.6 is 12.2 Å². The molecule has 0 spiro atoms. The molecule has 1 saturated heterocycles. The maximum atomic E-state index is 12.8. The fraction of sp³-hybridized carbons (Fsp3) is 0.500. The molecule has 2 heterocycles. The molecular formula is C18H23N3O3S. The zero-order valence-electron chi connectivity index (χ0n) is 14.6. The number of H-pyrrole nitrogens is 1. The molecule has 25 heavy (non-hydrogen) atoms. The third-order valence-corrected chi connectivity index (χ3v) is 5.01. The van der Waals surface area contributed by atoms with Gasteiger partial charge >= 0.3 is 0 Å². The zero-order valence-corrected chi connectivity index (χ0v) is 15.4. The van der Waals surface area contributed by atoms with Crippen LogP contribution in [0.5, 0.6) is 0 Å². The molecule has 7 heteroatoms. The number of fused-ring (bicyclic) bond motifs is 1. The van der Waals surface area contributed by atoms with Crippen LogP contribution in [-0.2, 0) is 11.3 Å². The van der Waals surface area contributed by atoms with E-state index in [9.17, 15) is 9.59 Å². The maximum Gasteiger partial charge on any atom is 0.262 e. The van der Waals surface area contributed by atoms with Gasteiger partial charge < -0.3 is 14.6 Å². The van der Waals surface area contributed by atoms with Gasteiger partial charge in [-0.05, 0) is 57.1 Å². The maximum absolute atomic E-state index is 12.8. The Morgan fingerprint density at radius 1 is 1.40 bits per heavy atom. The van der Waals surface area contributed by atoms with E-state index in [1.54, 1.807) is 27.7 Å². The van der Waals surface area contributed by atoms with Gasteiger partial charge in [0.05, 0.1) is 23.6 Å². The molecule has 1 N–H and O–H groups in total. The summed E-state index contributed by atoms with van der Waals surface area (Å²) in [5.74, 6) is -0.0465. The van der Waals surface area contributed by atoms with Gasteiger partial charge in [-0.15, -0.1) is 0 Å². The van der Waals surface area contributed by atoms with Gasteiger partial charge in [0, 0.05) is 25.3 Å². The molecule has 2 aromatic rings.